The van der Waals surface area contributed by atoms with E-state index in [1.165, 1.54) is 12.1 Å². The van der Waals surface area contributed by atoms with E-state index in [0.29, 0.717) is 24.3 Å². The van der Waals surface area contributed by atoms with E-state index in [1.807, 2.05) is 30.4 Å². The SMILES string of the molecule is O=C(NCCN1CCC(O)(Cc2ccccc2)CC1)Nc1ccnc(/C=C/c2ccc(F)cc2)c1. The smallest absolute Gasteiger partial charge is 0.319 e. The molecule has 1 aliphatic rings. The number of amides is 2. The molecule has 1 aromatic heterocycles. The van der Waals surface area contributed by atoms with Crippen LogP contribution in [0.1, 0.15) is 29.7 Å². The summed E-state index contributed by atoms with van der Waals surface area (Å²) in [5, 5.41) is 16.7. The molecule has 3 N–H and O–H groups in total. The number of nitrogens with zero attached hydrogens (tertiary/aromatic N) is 2. The third-order valence-corrected chi connectivity index (χ3v) is 6.23. The number of likely N-dealkylation sites (tertiary alicyclic amines) is 1. The van der Waals surface area contributed by atoms with Gasteiger partial charge in [-0.1, -0.05) is 48.5 Å². The van der Waals surface area contributed by atoms with E-state index in [-0.39, 0.29) is 11.8 Å². The topological polar surface area (TPSA) is 77.5 Å². The van der Waals surface area contributed by atoms with Gasteiger partial charge in [0, 0.05) is 44.5 Å². The van der Waals surface area contributed by atoms with Gasteiger partial charge in [-0.15, -0.1) is 0 Å². The molecule has 0 saturated carbocycles. The second kappa shape index (κ2) is 11.7. The van der Waals surface area contributed by atoms with Gasteiger partial charge in [0.2, 0.25) is 0 Å². The van der Waals surface area contributed by atoms with Crippen LogP contribution in [0.3, 0.4) is 0 Å². The number of pyridine rings is 1. The first-order valence-electron chi connectivity index (χ1n) is 11.9. The number of urea groups is 1. The molecule has 6 nitrogen and oxygen atoms in total. The van der Waals surface area contributed by atoms with Crippen LogP contribution in [0.5, 0.6) is 0 Å². The van der Waals surface area contributed by atoms with E-state index in [9.17, 15) is 14.3 Å². The van der Waals surface area contributed by atoms with Crippen molar-refractivity contribution >= 4 is 23.9 Å². The third-order valence-electron chi connectivity index (χ3n) is 6.23. The molecule has 0 aliphatic carbocycles. The van der Waals surface area contributed by atoms with Crippen LogP contribution in [0.2, 0.25) is 0 Å². The van der Waals surface area contributed by atoms with Crippen LogP contribution in [0, 0.1) is 5.82 Å². The summed E-state index contributed by atoms with van der Waals surface area (Å²) >= 11 is 0. The quantitative estimate of drug-likeness (QED) is 0.447. The van der Waals surface area contributed by atoms with Gasteiger partial charge in [-0.2, -0.15) is 0 Å². The number of aliphatic hydroxyl groups is 1. The molecule has 2 amide bonds. The van der Waals surface area contributed by atoms with Gasteiger partial charge < -0.3 is 20.6 Å². The van der Waals surface area contributed by atoms with Crippen LogP contribution in [0.15, 0.2) is 72.9 Å². The molecule has 0 atom stereocenters. The minimum absolute atomic E-state index is 0.276. The van der Waals surface area contributed by atoms with E-state index < -0.39 is 5.60 Å². The highest BCUT2D eigenvalue weighted by Gasteiger charge is 2.32. The van der Waals surface area contributed by atoms with Gasteiger partial charge in [0.25, 0.3) is 0 Å². The molecule has 2 aromatic carbocycles. The van der Waals surface area contributed by atoms with Crippen LogP contribution < -0.4 is 10.6 Å². The zero-order valence-electron chi connectivity index (χ0n) is 19.7. The van der Waals surface area contributed by atoms with Crippen molar-refractivity contribution in [2.75, 3.05) is 31.5 Å². The van der Waals surface area contributed by atoms with Gasteiger partial charge >= 0.3 is 6.03 Å². The Morgan fingerprint density at radius 1 is 1.06 bits per heavy atom. The Bertz CT molecular complexity index is 1130. The molecule has 1 saturated heterocycles. The fourth-order valence-electron chi connectivity index (χ4n) is 4.22. The van der Waals surface area contributed by atoms with Crippen LogP contribution in [0.25, 0.3) is 12.2 Å². The molecule has 2 heterocycles. The number of anilines is 1. The average Bonchev–Trinajstić information content (AvgIpc) is 2.86. The number of nitrogens with one attached hydrogen (secondary N) is 2. The molecule has 1 fully saturated rings. The van der Waals surface area contributed by atoms with Crippen LogP contribution in [-0.4, -0.2) is 52.8 Å². The predicted octanol–water partition coefficient (Wildman–Crippen LogP) is 4.58. The summed E-state index contributed by atoms with van der Waals surface area (Å²) in [4.78, 5) is 18.9. The minimum Gasteiger partial charge on any atom is -0.389 e. The van der Waals surface area contributed by atoms with Crippen LogP contribution in [0.4, 0.5) is 14.9 Å². The summed E-state index contributed by atoms with van der Waals surface area (Å²) in [6.07, 6.45) is 7.40. The second-order valence-electron chi connectivity index (χ2n) is 8.96. The summed E-state index contributed by atoms with van der Waals surface area (Å²) in [6, 6.07) is 19.5. The second-order valence-corrected chi connectivity index (χ2v) is 8.96. The van der Waals surface area contributed by atoms with Crippen LogP contribution in [-0.2, 0) is 6.42 Å². The number of carbonyl (C=O) groups excluding carboxylic acids is 1. The van der Waals surface area contributed by atoms with Crippen molar-refractivity contribution in [1.29, 1.82) is 0 Å². The highest BCUT2D eigenvalue weighted by Crippen LogP contribution is 2.26. The van der Waals surface area contributed by atoms with Crippen molar-refractivity contribution < 1.29 is 14.3 Å². The molecule has 0 radical (unpaired) electrons. The number of halogens is 1. The van der Waals surface area contributed by atoms with E-state index in [4.69, 9.17) is 0 Å². The number of hydrogen-bond donors (Lipinski definition) is 3. The van der Waals surface area contributed by atoms with Crippen molar-refractivity contribution in [1.82, 2.24) is 15.2 Å². The van der Waals surface area contributed by atoms with E-state index in [2.05, 4.69) is 32.7 Å². The molecule has 182 valence electrons. The zero-order chi connectivity index (χ0) is 24.5. The first-order valence-corrected chi connectivity index (χ1v) is 11.9. The normalized spacial score (nSPS) is 15.7. The Kier molecular flexibility index (Phi) is 8.23. The molecule has 1 aliphatic heterocycles. The molecule has 7 heteroatoms. The molecule has 4 rings (SSSR count). The van der Waals surface area contributed by atoms with Gasteiger partial charge in [0.1, 0.15) is 5.82 Å². The summed E-state index contributed by atoms with van der Waals surface area (Å²) in [5.41, 5.74) is 2.68. The number of rotatable bonds is 8. The molecule has 0 spiro atoms. The number of piperidine rings is 1. The number of hydrogen-bond acceptors (Lipinski definition) is 4. The lowest BCUT2D eigenvalue weighted by Crippen LogP contribution is -2.47. The van der Waals surface area contributed by atoms with Gasteiger partial charge in [0.05, 0.1) is 11.3 Å². The Balaban J connectivity index is 1.18. The highest BCUT2D eigenvalue weighted by molar-refractivity contribution is 5.89. The van der Waals surface area contributed by atoms with Gasteiger partial charge in [-0.3, -0.25) is 4.98 Å². The number of carbonyl (C=O) groups is 1. The Hall–Kier alpha value is -3.55. The molecule has 0 unspecified atom stereocenters. The van der Waals surface area contributed by atoms with E-state index >= 15 is 0 Å². The minimum atomic E-state index is -0.660. The third kappa shape index (κ3) is 7.73. The fraction of sp³-hybridized carbons (Fsp3) is 0.286. The number of aromatic nitrogens is 1. The summed E-state index contributed by atoms with van der Waals surface area (Å²) in [5.74, 6) is -0.276. The monoisotopic (exact) mass is 474 g/mol. The zero-order valence-corrected chi connectivity index (χ0v) is 19.7. The largest absolute Gasteiger partial charge is 0.389 e. The summed E-state index contributed by atoms with van der Waals surface area (Å²) in [7, 11) is 0. The van der Waals surface area contributed by atoms with Crippen LogP contribution >= 0.6 is 0 Å². The van der Waals surface area contributed by atoms with Crippen molar-refractivity contribution in [3.63, 3.8) is 0 Å². The summed E-state index contributed by atoms with van der Waals surface area (Å²) < 4.78 is 13.0. The lowest BCUT2D eigenvalue weighted by Gasteiger charge is -2.38. The molecular formula is C28H31FN4O2. The van der Waals surface area contributed by atoms with E-state index in [1.54, 1.807) is 30.5 Å². The van der Waals surface area contributed by atoms with Crippen molar-refractivity contribution in [3.8, 4) is 0 Å². The lowest BCUT2D eigenvalue weighted by atomic mass is 9.85. The van der Waals surface area contributed by atoms with Gasteiger partial charge in [0.15, 0.2) is 0 Å². The molecule has 3 aromatic rings. The Morgan fingerprint density at radius 2 is 1.80 bits per heavy atom. The Morgan fingerprint density at radius 3 is 2.54 bits per heavy atom. The van der Waals surface area contributed by atoms with Crippen molar-refractivity contribution in [3.05, 3.63) is 95.6 Å². The molecular weight excluding hydrogens is 443 g/mol. The van der Waals surface area contributed by atoms with E-state index in [0.717, 1.165) is 43.6 Å². The first-order chi connectivity index (χ1) is 17.0. The van der Waals surface area contributed by atoms with Gasteiger partial charge in [-0.25, -0.2) is 9.18 Å². The van der Waals surface area contributed by atoms with Gasteiger partial charge in [-0.05, 0) is 54.3 Å². The lowest BCUT2D eigenvalue weighted by molar-refractivity contribution is -0.0201. The number of benzene rings is 2. The predicted molar refractivity (Wildman–Crippen MR) is 137 cm³/mol. The maximum Gasteiger partial charge on any atom is 0.319 e. The fourth-order valence-corrected chi connectivity index (χ4v) is 4.22. The Labute approximate surface area is 205 Å². The van der Waals surface area contributed by atoms with Crippen molar-refractivity contribution in [2.45, 2.75) is 24.9 Å². The van der Waals surface area contributed by atoms with Crippen molar-refractivity contribution in [2.24, 2.45) is 0 Å². The maximum atomic E-state index is 13.0. The highest BCUT2D eigenvalue weighted by atomic mass is 19.1. The first kappa shape index (κ1) is 24.6. The molecule has 0 bridgehead atoms. The average molecular weight is 475 g/mol. The standard InChI is InChI=1S/C28H31FN4O2/c29-24-9-6-22(7-10-24)8-11-25-20-26(12-15-30-25)32-27(34)31-16-19-33-17-13-28(35,14-18-33)21-23-4-2-1-3-5-23/h1-12,15,20,35H,13-14,16-19,21H2,(H2,30,31,32,34)/b11-8+. The molecule has 35 heavy (non-hydrogen) atoms. The summed E-state index contributed by atoms with van der Waals surface area (Å²) in [6.45, 7) is 2.86. The maximum absolute atomic E-state index is 13.0.